The Bertz CT molecular complexity index is 570. The third kappa shape index (κ3) is 2.29. The molecular formula is C11H11BrF2N4. The smallest absolute Gasteiger partial charge is 0.173 e. The summed E-state index contributed by atoms with van der Waals surface area (Å²) in [7, 11) is 1.76. The van der Waals surface area contributed by atoms with Crippen molar-refractivity contribution in [3.63, 3.8) is 0 Å². The van der Waals surface area contributed by atoms with Crippen LogP contribution in [-0.4, -0.2) is 9.78 Å². The molecule has 0 aliphatic carbocycles. The molecule has 0 saturated heterocycles. The van der Waals surface area contributed by atoms with E-state index in [0.29, 0.717) is 11.3 Å². The summed E-state index contributed by atoms with van der Waals surface area (Å²) in [5.74, 6) is 3.61. The molecular weight excluding hydrogens is 306 g/mol. The second kappa shape index (κ2) is 5.13. The normalized spacial score (nSPS) is 12.7. The number of hydrogen-bond acceptors (Lipinski definition) is 3. The summed E-state index contributed by atoms with van der Waals surface area (Å²) in [6.45, 7) is 0. The maximum atomic E-state index is 13.5. The maximum Gasteiger partial charge on any atom is 0.173 e. The number of benzene rings is 1. The first-order chi connectivity index (χ1) is 8.54. The Morgan fingerprint density at radius 3 is 2.67 bits per heavy atom. The van der Waals surface area contributed by atoms with Crippen LogP contribution in [0, 0.1) is 11.6 Å². The summed E-state index contributed by atoms with van der Waals surface area (Å²) in [5.41, 5.74) is 3.64. The number of rotatable bonds is 3. The van der Waals surface area contributed by atoms with Crippen molar-refractivity contribution in [3.8, 4) is 0 Å². The van der Waals surface area contributed by atoms with Gasteiger partial charge in [0.2, 0.25) is 0 Å². The minimum Gasteiger partial charge on any atom is -0.275 e. The van der Waals surface area contributed by atoms with E-state index in [1.807, 2.05) is 0 Å². The molecule has 0 saturated carbocycles. The van der Waals surface area contributed by atoms with Crippen LogP contribution >= 0.6 is 15.9 Å². The Kier molecular flexibility index (Phi) is 3.74. The summed E-state index contributed by atoms with van der Waals surface area (Å²) in [6, 6.07) is 3.75. The van der Waals surface area contributed by atoms with Gasteiger partial charge in [0.15, 0.2) is 11.6 Å². The Labute approximate surface area is 111 Å². The average Bonchev–Trinajstić information content (AvgIpc) is 2.77. The van der Waals surface area contributed by atoms with Gasteiger partial charge in [0.1, 0.15) is 0 Å². The number of hydrazine groups is 1. The average molecular weight is 317 g/mol. The van der Waals surface area contributed by atoms with Crippen molar-refractivity contribution in [1.29, 1.82) is 0 Å². The lowest BCUT2D eigenvalue weighted by Crippen LogP contribution is -2.29. The molecule has 0 radical (unpaired) electrons. The summed E-state index contributed by atoms with van der Waals surface area (Å²) in [4.78, 5) is 0. The molecule has 0 aliphatic rings. The van der Waals surface area contributed by atoms with E-state index in [0.717, 1.165) is 6.07 Å². The number of halogens is 3. The van der Waals surface area contributed by atoms with E-state index in [1.165, 1.54) is 6.07 Å². The quantitative estimate of drug-likeness (QED) is 0.517. The largest absolute Gasteiger partial charge is 0.275 e. The highest BCUT2D eigenvalue weighted by Gasteiger charge is 2.21. The summed E-state index contributed by atoms with van der Waals surface area (Å²) < 4.78 is 28.2. The molecule has 4 nitrogen and oxygen atoms in total. The fourth-order valence-electron chi connectivity index (χ4n) is 1.69. The molecule has 0 spiro atoms. The van der Waals surface area contributed by atoms with Gasteiger partial charge in [-0.3, -0.25) is 10.5 Å². The molecule has 2 rings (SSSR count). The first-order valence-corrected chi connectivity index (χ1v) is 5.93. The molecule has 0 fully saturated rings. The Balaban J connectivity index is 2.49. The van der Waals surface area contributed by atoms with Crippen LogP contribution in [0.25, 0.3) is 0 Å². The van der Waals surface area contributed by atoms with Crippen LogP contribution in [-0.2, 0) is 7.05 Å². The molecule has 0 aliphatic heterocycles. The standard InChI is InChI=1S/C11H11BrF2N4/c1-18-5-4-8(17-18)11(16-15)6-2-3-7(13)10(14)9(6)12/h2-5,11,16H,15H2,1H3. The van der Waals surface area contributed by atoms with Crippen LogP contribution in [0.5, 0.6) is 0 Å². The zero-order valence-corrected chi connectivity index (χ0v) is 11.1. The molecule has 96 valence electrons. The van der Waals surface area contributed by atoms with E-state index in [-0.39, 0.29) is 4.47 Å². The van der Waals surface area contributed by atoms with Gasteiger partial charge in [-0.25, -0.2) is 14.2 Å². The van der Waals surface area contributed by atoms with Gasteiger partial charge in [-0.15, -0.1) is 0 Å². The molecule has 0 bridgehead atoms. The van der Waals surface area contributed by atoms with E-state index >= 15 is 0 Å². The molecule has 3 N–H and O–H groups in total. The SMILES string of the molecule is Cn1ccc(C(NN)c2ccc(F)c(F)c2Br)n1. The Morgan fingerprint density at radius 2 is 2.11 bits per heavy atom. The summed E-state index contributed by atoms with van der Waals surface area (Å²) in [6.07, 6.45) is 1.74. The number of hydrogen-bond donors (Lipinski definition) is 2. The van der Waals surface area contributed by atoms with Gasteiger partial charge in [0.05, 0.1) is 16.2 Å². The van der Waals surface area contributed by atoms with Crippen molar-refractivity contribution in [3.05, 3.63) is 51.8 Å². The number of nitrogens with two attached hydrogens (primary N) is 1. The van der Waals surface area contributed by atoms with Crippen LogP contribution < -0.4 is 11.3 Å². The maximum absolute atomic E-state index is 13.5. The van der Waals surface area contributed by atoms with Crippen molar-refractivity contribution in [2.75, 3.05) is 0 Å². The van der Waals surface area contributed by atoms with E-state index < -0.39 is 17.7 Å². The summed E-state index contributed by atoms with van der Waals surface area (Å²) >= 11 is 3.03. The summed E-state index contributed by atoms with van der Waals surface area (Å²) in [5, 5.41) is 4.19. The number of nitrogens with one attached hydrogen (secondary N) is 1. The van der Waals surface area contributed by atoms with E-state index in [1.54, 1.807) is 24.0 Å². The molecule has 18 heavy (non-hydrogen) atoms. The zero-order chi connectivity index (χ0) is 13.3. The second-order valence-electron chi connectivity index (χ2n) is 3.78. The fraction of sp³-hybridized carbons (Fsp3) is 0.182. The fourth-order valence-corrected chi connectivity index (χ4v) is 2.24. The van der Waals surface area contributed by atoms with Gasteiger partial charge in [-0.05, 0) is 33.6 Å². The van der Waals surface area contributed by atoms with Crippen LogP contribution in [0.2, 0.25) is 0 Å². The number of aromatic nitrogens is 2. The molecule has 1 heterocycles. The first-order valence-electron chi connectivity index (χ1n) is 5.13. The Morgan fingerprint density at radius 1 is 1.39 bits per heavy atom. The minimum atomic E-state index is -0.941. The third-order valence-electron chi connectivity index (χ3n) is 2.57. The van der Waals surface area contributed by atoms with Crippen LogP contribution in [0.1, 0.15) is 17.3 Å². The van der Waals surface area contributed by atoms with Crippen LogP contribution in [0.3, 0.4) is 0 Å². The monoisotopic (exact) mass is 316 g/mol. The highest BCUT2D eigenvalue weighted by molar-refractivity contribution is 9.10. The van der Waals surface area contributed by atoms with Gasteiger partial charge in [-0.2, -0.15) is 5.10 Å². The first kappa shape index (κ1) is 13.1. The van der Waals surface area contributed by atoms with E-state index in [2.05, 4.69) is 26.5 Å². The van der Waals surface area contributed by atoms with Gasteiger partial charge in [0.25, 0.3) is 0 Å². The van der Waals surface area contributed by atoms with Gasteiger partial charge >= 0.3 is 0 Å². The predicted octanol–water partition coefficient (Wildman–Crippen LogP) is 2.01. The second-order valence-corrected chi connectivity index (χ2v) is 4.57. The zero-order valence-electron chi connectivity index (χ0n) is 9.49. The highest BCUT2D eigenvalue weighted by atomic mass is 79.9. The minimum absolute atomic E-state index is 0.0381. The van der Waals surface area contributed by atoms with Crippen molar-refractivity contribution in [2.45, 2.75) is 6.04 Å². The number of aryl methyl sites for hydroxylation is 1. The molecule has 1 aromatic carbocycles. The molecule has 1 unspecified atom stereocenters. The number of nitrogens with zero attached hydrogens (tertiary/aromatic N) is 2. The van der Waals surface area contributed by atoms with Gasteiger partial charge in [0, 0.05) is 13.2 Å². The molecule has 0 amide bonds. The van der Waals surface area contributed by atoms with E-state index in [4.69, 9.17) is 5.84 Å². The lowest BCUT2D eigenvalue weighted by Gasteiger charge is -2.16. The van der Waals surface area contributed by atoms with Crippen molar-refractivity contribution in [1.82, 2.24) is 15.2 Å². The lowest BCUT2D eigenvalue weighted by molar-refractivity contribution is 0.497. The Hall–Kier alpha value is -1.31. The lowest BCUT2D eigenvalue weighted by atomic mass is 10.0. The molecule has 1 atom stereocenters. The van der Waals surface area contributed by atoms with Gasteiger partial charge in [-0.1, -0.05) is 6.07 Å². The van der Waals surface area contributed by atoms with Crippen molar-refractivity contribution >= 4 is 15.9 Å². The van der Waals surface area contributed by atoms with E-state index in [9.17, 15) is 8.78 Å². The highest BCUT2D eigenvalue weighted by Crippen LogP contribution is 2.30. The van der Waals surface area contributed by atoms with Crippen LogP contribution in [0.4, 0.5) is 8.78 Å². The topological polar surface area (TPSA) is 55.9 Å². The third-order valence-corrected chi connectivity index (χ3v) is 3.38. The molecule has 7 heteroatoms. The van der Waals surface area contributed by atoms with Gasteiger partial charge < -0.3 is 0 Å². The molecule has 2 aromatic rings. The molecule has 1 aromatic heterocycles. The van der Waals surface area contributed by atoms with Crippen molar-refractivity contribution < 1.29 is 8.78 Å². The van der Waals surface area contributed by atoms with Crippen LogP contribution in [0.15, 0.2) is 28.9 Å². The van der Waals surface area contributed by atoms with Crippen molar-refractivity contribution in [2.24, 2.45) is 12.9 Å². The predicted molar refractivity (Wildman–Crippen MR) is 66.4 cm³/mol.